The van der Waals surface area contributed by atoms with Gasteiger partial charge in [-0.05, 0) is 18.4 Å². The summed E-state index contributed by atoms with van der Waals surface area (Å²) in [7, 11) is 0. The molecule has 0 bridgehead atoms. The van der Waals surface area contributed by atoms with E-state index in [1.54, 1.807) is 30.3 Å². The molecule has 0 fully saturated rings. The van der Waals surface area contributed by atoms with Crippen molar-refractivity contribution in [2.24, 2.45) is 22.2 Å². The van der Waals surface area contributed by atoms with Gasteiger partial charge in [-0.25, -0.2) is 4.98 Å². The number of benzene rings is 1. The number of rotatable bonds is 17. The number of aromatic amines is 1. The Labute approximate surface area is 230 Å². The predicted octanol–water partition coefficient (Wildman–Crippen LogP) is -2.30. The number of aliphatic imine (C=N–C) groups is 1. The molecule has 40 heavy (non-hydrogen) atoms. The number of nitrogens with two attached hydrogens (primary N) is 3. The zero-order valence-corrected chi connectivity index (χ0v) is 21.8. The summed E-state index contributed by atoms with van der Waals surface area (Å²) < 4.78 is 0. The lowest BCUT2D eigenvalue weighted by Gasteiger charge is -2.25. The average Bonchev–Trinajstić information content (AvgIpc) is 3.42. The van der Waals surface area contributed by atoms with Crippen LogP contribution in [0, 0.1) is 0 Å². The monoisotopic (exact) mass is 557 g/mol. The Bertz CT molecular complexity index is 1150. The standard InChI is InChI=1S/C25H35N9O6/c26-18(11-21(36)37)22(38)33-20(10-17-12-29-14-31-17)24(40)34-19(9-15-5-2-1-3-6-15)23(39)32-16(13-35)7-4-8-30-25(27)28/h1-3,5-6,12-14,16,18-20H,4,7-11,26H2,(H,29,31)(H,32,39)(H,33,38)(H,34,40)(H,36,37)(H4,27,28,30)/t16-,18-,19+,20-/m0/s1. The minimum Gasteiger partial charge on any atom is -0.481 e. The second-order valence-corrected chi connectivity index (χ2v) is 9.00. The fraction of sp³-hybridized carbons (Fsp3) is 0.400. The number of nitrogens with zero attached hydrogens (tertiary/aromatic N) is 2. The highest BCUT2D eigenvalue weighted by Crippen LogP contribution is 2.07. The molecule has 2 rings (SSSR count). The first-order valence-corrected chi connectivity index (χ1v) is 12.5. The average molecular weight is 558 g/mol. The number of imidazole rings is 1. The number of aldehydes is 1. The van der Waals surface area contributed by atoms with Crippen LogP contribution in [0.25, 0.3) is 0 Å². The van der Waals surface area contributed by atoms with Crippen LogP contribution in [-0.4, -0.2) is 81.7 Å². The Morgan fingerprint density at radius 3 is 2.25 bits per heavy atom. The molecule has 2 aromatic rings. The molecule has 11 N–H and O–H groups in total. The summed E-state index contributed by atoms with van der Waals surface area (Å²) in [5.41, 5.74) is 17.5. The third-order valence-electron chi connectivity index (χ3n) is 5.72. The van der Waals surface area contributed by atoms with Crippen molar-refractivity contribution in [1.82, 2.24) is 25.9 Å². The number of amides is 3. The van der Waals surface area contributed by atoms with E-state index in [0.717, 1.165) is 5.56 Å². The van der Waals surface area contributed by atoms with E-state index in [2.05, 4.69) is 30.9 Å². The number of guanidine groups is 1. The Morgan fingerprint density at radius 1 is 1.00 bits per heavy atom. The van der Waals surface area contributed by atoms with E-state index in [1.807, 2.05) is 0 Å². The molecule has 0 saturated carbocycles. The van der Waals surface area contributed by atoms with Crippen molar-refractivity contribution in [3.8, 4) is 0 Å². The second-order valence-electron chi connectivity index (χ2n) is 9.00. The summed E-state index contributed by atoms with van der Waals surface area (Å²) >= 11 is 0. The molecule has 216 valence electrons. The number of hydrogen-bond acceptors (Lipinski definition) is 8. The molecule has 0 aliphatic heterocycles. The molecule has 1 heterocycles. The number of carbonyl (C=O) groups excluding carboxylic acids is 4. The van der Waals surface area contributed by atoms with Crippen molar-refractivity contribution in [3.63, 3.8) is 0 Å². The lowest BCUT2D eigenvalue weighted by Crippen LogP contribution is -2.57. The highest BCUT2D eigenvalue weighted by Gasteiger charge is 2.30. The summed E-state index contributed by atoms with van der Waals surface area (Å²) in [5, 5.41) is 16.7. The quantitative estimate of drug-likeness (QED) is 0.0446. The normalized spacial score (nSPS) is 13.6. The van der Waals surface area contributed by atoms with Gasteiger partial charge in [0.2, 0.25) is 17.7 Å². The number of carbonyl (C=O) groups is 5. The lowest BCUT2D eigenvalue weighted by atomic mass is 10.0. The molecule has 0 radical (unpaired) electrons. The van der Waals surface area contributed by atoms with Gasteiger partial charge in [-0.3, -0.25) is 24.2 Å². The molecule has 0 aliphatic carbocycles. The SMILES string of the molecule is NC(N)=NCCC[C@@H](C=O)NC(=O)[C@@H](Cc1ccccc1)NC(=O)[C@H](Cc1cnc[nH]1)NC(=O)[C@@H](N)CC(=O)O. The molecular weight excluding hydrogens is 522 g/mol. The van der Waals surface area contributed by atoms with Crippen molar-refractivity contribution in [2.45, 2.75) is 56.3 Å². The molecule has 0 spiro atoms. The largest absolute Gasteiger partial charge is 0.481 e. The number of carboxylic acids is 1. The Morgan fingerprint density at radius 2 is 1.65 bits per heavy atom. The zero-order valence-electron chi connectivity index (χ0n) is 21.8. The van der Waals surface area contributed by atoms with Gasteiger partial charge in [0.1, 0.15) is 18.4 Å². The summed E-state index contributed by atoms with van der Waals surface area (Å²) in [6.45, 7) is 0.270. The van der Waals surface area contributed by atoms with Crippen molar-refractivity contribution in [2.75, 3.05) is 6.54 Å². The third-order valence-corrected chi connectivity index (χ3v) is 5.72. The van der Waals surface area contributed by atoms with Gasteiger partial charge < -0.3 is 48.0 Å². The van der Waals surface area contributed by atoms with E-state index in [0.29, 0.717) is 18.4 Å². The number of carboxylic acid groups (broad SMARTS) is 1. The topological polar surface area (TPSA) is 261 Å². The van der Waals surface area contributed by atoms with E-state index in [-0.39, 0.29) is 31.8 Å². The van der Waals surface area contributed by atoms with E-state index >= 15 is 0 Å². The van der Waals surface area contributed by atoms with Gasteiger partial charge in [-0.15, -0.1) is 0 Å². The smallest absolute Gasteiger partial charge is 0.305 e. The number of aromatic nitrogens is 2. The molecule has 0 unspecified atom stereocenters. The van der Waals surface area contributed by atoms with Gasteiger partial charge in [0.15, 0.2) is 5.96 Å². The molecular formula is C25H35N9O6. The van der Waals surface area contributed by atoms with Crippen molar-refractivity contribution >= 4 is 35.9 Å². The number of hydrogen-bond donors (Lipinski definition) is 8. The van der Waals surface area contributed by atoms with Crippen LogP contribution in [0.2, 0.25) is 0 Å². The Balaban J connectivity index is 2.20. The van der Waals surface area contributed by atoms with Gasteiger partial charge in [0.05, 0.1) is 24.8 Å². The molecule has 1 aromatic heterocycles. The predicted molar refractivity (Wildman–Crippen MR) is 144 cm³/mol. The maximum Gasteiger partial charge on any atom is 0.305 e. The first kappa shape index (κ1) is 31.4. The first-order valence-electron chi connectivity index (χ1n) is 12.5. The molecule has 1 aromatic carbocycles. The van der Waals surface area contributed by atoms with Gasteiger partial charge in [-0.2, -0.15) is 0 Å². The summed E-state index contributed by atoms with van der Waals surface area (Å²) in [4.78, 5) is 72.3. The van der Waals surface area contributed by atoms with Crippen molar-refractivity contribution < 1.29 is 29.1 Å². The highest BCUT2D eigenvalue weighted by atomic mass is 16.4. The van der Waals surface area contributed by atoms with Crippen molar-refractivity contribution in [3.05, 3.63) is 54.1 Å². The number of aliphatic carboxylic acids is 1. The maximum atomic E-state index is 13.4. The summed E-state index contributed by atoms with van der Waals surface area (Å²) in [6, 6.07) is 4.29. The first-order chi connectivity index (χ1) is 19.1. The van der Waals surface area contributed by atoms with Gasteiger partial charge in [-0.1, -0.05) is 30.3 Å². The lowest BCUT2D eigenvalue weighted by molar-refractivity contribution is -0.139. The van der Waals surface area contributed by atoms with Crippen LogP contribution in [0.4, 0.5) is 0 Å². The third kappa shape index (κ3) is 11.3. The fourth-order valence-corrected chi connectivity index (χ4v) is 3.69. The summed E-state index contributed by atoms with van der Waals surface area (Å²) in [5.74, 6) is -3.56. The summed E-state index contributed by atoms with van der Waals surface area (Å²) in [6.07, 6.45) is 3.51. The van der Waals surface area contributed by atoms with Gasteiger partial charge >= 0.3 is 5.97 Å². The minimum absolute atomic E-state index is 0.0429. The number of H-pyrrole nitrogens is 1. The van der Waals surface area contributed by atoms with Crippen LogP contribution in [0.15, 0.2) is 47.8 Å². The van der Waals surface area contributed by atoms with Crippen molar-refractivity contribution in [1.29, 1.82) is 0 Å². The van der Waals surface area contributed by atoms with Crippen LogP contribution in [-0.2, 0) is 36.8 Å². The zero-order chi connectivity index (χ0) is 29.5. The van der Waals surface area contributed by atoms with E-state index < -0.39 is 54.3 Å². The maximum absolute atomic E-state index is 13.4. The van der Waals surface area contributed by atoms with Gasteiger partial charge in [0, 0.05) is 31.3 Å². The van der Waals surface area contributed by atoms with Gasteiger partial charge in [0.25, 0.3) is 0 Å². The van der Waals surface area contributed by atoms with Crippen LogP contribution in [0.3, 0.4) is 0 Å². The van der Waals surface area contributed by atoms with Crippen LogP contribution in [0.5, 0.6) is 0 Å². The van der Waals surface area contributed by atoms with E-state index in [1.165, 1.54) is 12.5 Å². The number of nitrogens with one attached hydrogen (secondary N) is 4. The Kier molecular flexibility index (Phi) is 12.8. The second kappa shape index (κ2) is 16.2. The van der Waals surface area contributed by atoms with Crippen LogP contribution < -0.4 is 33.2 Å². The highest BCUT2D eigenvalue weighted by molar-refractivity contribution is 5.94. The molecule has 4 atom stereocenters. The fourth-order valence-electron chi connectivity index (χ4n) is 3.69. The minimum atomic E-state index is -1.40. The molecule has 0 saturated heterocycles. The van der Waals surface area contributed by atoms with Crippen LogP contribution in [0.1, 0.15) is 30.5 Å². The van der Waals surface area contributed by atoms with Crippen LogP contribution >= 0.6 is 0 Å². The van der Waals surface area contributed by atoms with E-state index in [9.17, 15) is 24.0 Å². The van der Waals surface area contributed by atoms with E-state index in [4.69, 9.17) is 22.3 Å². The Hall–Kier alpha value is -4.79. The molecule has 0 aliphatic rings. The molecule has 15 heteroatoms. The molecule has 15 nitrogen and oxygen atoms in total. The molecule has 3 amide bonds.